The predicted octanol–water partition coefficient (Wildman–Crippen LogP) is 3.87. The Labute approximate surface area is 130 Å². The molecule has 1 rings (SSSR count). The minimum absolute atomic E-state index is 0.103. The molecule has 0 aliphatic carbocycles. The minimum Gasteiger partial charge on any atom is -0.379 e. The van der Waals surface area contributed by atoms with E-state index in [-0.39, 0.29) is 6.10 Å². The molecule has 1 atom stereocenters. The van der Waals surface area contributed by atoms with Crippen LogP contribution in [0.15, 0.2) is 24.3 Å². The fourth-order valence-electron chi connectivity index (χ4n) is 2.15. The summed E-state index contributed by atoms with van der Waals surface area (Å²) in [5, 5.41) is 3.45. The van der Waals surface area contributed by atoms with E-state index in [1.165, 1.54) is 17.5 Å². The van der Waals surface area contributed by atoms with Crippen LogP contribution >= 0.6 is 0 Å². The minimum atomic E-state index is 0.103. The van der Waals surface area contributed by atoms with Crippen molar-refractivity contribution in [3.8, 4) is 0 Å². The lowest BCUT2D eigenvalue weighted by molar-refractivity contribution is 0.00365. The quantitative estimate of drug-likeness (QED) is 0.593. The van der Waals surface area contributed by atoms with Gasteiger partial charge in [-0.05, 0) is 31.9 Å². The van der Waals surface area contributed by atoms with Crippen LogP contribution in [0.3, 0.4) is 0 Å². The maximum Gasteiger partial charge on any atom is 0.0950 e. The summed E-state index contributed by atoms with van der Waals surface area (Å²) in [6.07, 6.45) is 3.54. The third kappa shape index (κ3) is 8.20. The Morgan fingerprint density at radius 2 is 1.95 bits per heavy atom. The molecule has 1 N–H and O–H groups in total. The van der Waals surface area contributed by atoms with Gasteiger partial charge in [0.2, 0.25) is 0 Å². The molecule has 0 fully saturated rings. The van der Waals surface area contributed by atoms with Crippen molar-refractivity contribution < 1.29 is 9.47 Å². The molecule has 0 saturated heterocycles. The third-order valence-corrected chi connectivity index (χ3v) is 3.36. The molecule has 3 nitrogen and oxygen atoms in total. The SMILES string of the molecule is CCCCOCCOC(CNCCC)c1cccc(C)c1. The molecule has 1 aromatic carbocycles. The maximum atomic E-state index is 6.02. The third-order valence-electron chi connectivity index (χ3n) is 3.36. The standard InChI is InChI=1S/C18H31NO2/c1-4-6-11-20-12-13-21-18(15-19-10-5-2)17-9-7-8-16(3)14-17/h7-9,14,18-19H,4-6,10-13,15H2,1-3H3. The second-order valence-corrected chi connectivity index (χ2v) is 5.44. The van der Waals surface area contributed by atoms with Crippen LogP contribution in [0, 0.1) is 6.92 Å². The lowest BCUT2D eigenvalue weighted by atomic mass is 10.1. The van der Waals surface area contributed by atoms with Gasteiger partial charge < -0.3 is 14.8 Å². The molecule has 120 valence electrons. The van der Waals surface area contributed by atoms with Gasteiger partial charge in [0.05, 0.1) is 19.3 Å². The van der Waals surface area contributed by atoms with Crippen molar-refractivity contribution in [1.82, 2.24) is 5.32 Å². The van der Waals surface area contributed by atoms with Gasteiger partial charge in [-0.1, -0.05) is 50.1 Å². The van der Waals surface area contributed by atoms with Gasteiger partial charge in [-0.2, -0.15) is 0 Å². The zero-order valence-electron chi connectivity index (χ0n) is 13.9. The molecule has 0 radical (unpaired) electrons. The number of rotatable bonds is 12. The van der Waals surface area contributed by atoms with Gasteiger partial charge in [0, 0.05) is 13.2 Å². The molecule has 1 unspecified atom stereocenters. The van der Waals surface area contributed by atoms with Crippen molar-refractivity contribution in [1.29, 1.82) is 0 Å². The summed E-state index contributed by atoms with van der Waals surface area (Å²) >= 11 is 0. The Kier molecular flexibility index (Phi) is 10.1. The first kappa shape index (κ1) is 18.1. The number of hydrogen-bond acceptors (Lipinski definition) is 3. The molecule has 0 bridgehead atoms. The Hall–Kier alpha value is -0.900. The van der Waals surface area contributed by atoms with Gasteiger partial charge in [0.1, 0.15) is 0 Å². The van der Waals surface area contributed by atoms with E-state index < -0.39 is 0 Å². The van der Waals surface area contributed by atoms with Crippen molar-refractivity contribution in [2.45, 2.75) is 46.1 Å². The first-order chi connectivity index (χ1) is 10.3. The molecule has 0 aliphatic rings. The number of benzene rings is 1. The lowest BCUT2D eigenvalue weighted by Crippen LogP contribution is -2.25. The van der Waals surface area contributed by atoms with Gasteiger partial charge in [-0.15, -0.1) is 0 Å². The number of hydrogen-bond donors (Lipinski definition) is 1. The molecular formula is C18H31NO2. The molecule has 0 heterocycles. The number of unbranched alkanes of at least 4 members (excludes halogenated alkanes) is 1. The predicted molar refractivity (Wildman–Crippen MR) is 88.8 cm³/mol. The van der Waals surface area contributed by atoms with Crippen LogP contribution in [-0.4, -0.2) is 32.9 Å². The van der Waals surface area contributed by atoms with Gasteiger partial charge in [0.15, 0.2) is 0 Å². The Balaban J connectivity index is 2.41. The van der Waals surface area contributed by atoms with E-state index in [0.717, 1.165) is 32.5 Å². The highest BCUT2D eigenvalue weighted by Crippen LogP contribution is 2.18. The first-order valence-electron chi connectivity index (χ1n) is 8.24. The fourth-order valence-corrected chi connectivity index (χ4v) is 2.15. The summed E-state index contributed by atoms with van der Waals surface area (Å²) in [5.41, 5.74) is 2.52. The Bertz CT molecular complexity index is 368. The van der Waals surface area contributed by atoms with E-state index in [2.05, 4.69) is 50.4 Å². The van der Waals surface area contributed by atoms with Crippen molar-refractivity contribution in [3.63, 3.8) is 0 Å². The molecule has 0 aromatic heterocycles. The van der Waals surface area contributed by atoms with Crippen LogP contribution in [0.5, 0.6) is 0 Å². The summed E-state index contributed by atoms with van der Waals surface area (Å²) in [7, 11) is 0. The van der Waals surface area contributed by atoms with E-state index in [4.69, 9.17) is 9.47 Å². The van der Waals surface area contributed by atoms with Gasteiger partial charge >= 0.3 is 0 Å². The Morgan fingerprint density at radius 3 is 2.67 bits per heavy atom. The first-order valence-corrected chi connectivity index (χ1v) is 8.24. The number of nitrogens with one attached hydrogen (secondary N) is 1. The van der Waals surface area contributed by atoms with Crippen LogP contribution in [0.1, 0.15) is 50.3 Å². The van der Waals surface area contributed by atoms with Gasteiger partial charge in [-0.25, -0.2) is 0 Å². The number of aryl methyl sites for hydroxylation is 1. The van der Waals surface area contributed by atoms with Gasteiger partial charge in [-0.3, -0.25) is 0 Å². The van der Waals surface area contributed by atoms with Crippen LogP contribution in [0.2, 0.25) is 0 Å². The zero-order valence-corrected chi connectivity index (χ0v) is 13.9. The van der Waals surface area contributed by atoms with E-state index in [9.17, 15) is 0 Å². The second-order valence-electron chi connectivity index (χ2n) is 5.44. The molecular weight excluding hydrogens is 262 g/mol. The molecule has 0 aliphatic heterocycles. The number of ether oxygens (including phenoxy) is 2. The molecule has 1 aromatic rings. The van der Waals surface area contributed by atoms with Crippen LogP contribution in [0.4, 0.5) is 0 Å². The zero-order chi connectivity index (χ0) is 15.3. The summed E-state index contributed by atoms with van der Waals surface area (Å²) in [6.45, 7) is 10.5. The average molecular weight is 293 g/mol. The summed E-state index contributed by atoms with van der Waals surface area (Å²) in [4.78, 5) is 0. The van der Waals surface area contributed by atoms with E-state index in [0.29, 0.717) is 13.2 Å². The summed E-state index contributed by atoms with van der Waals surface area (Å²) in [5.74, 6) is 0. The average Bonchev–Trinajstić information content (AvgIpc) is 2.49. The highest BCUT2D eigenvalue weighted by atomic mass is 16.5. The van der Waals surface area contributed by atoms with E-state index in [1.807, 2.05) is 0 Å². The fraction of sp³-hybridized carbons (Fsp3) is 0.667. The molecule has 3 heteroatoms. The highest BCUT2D eigenvalue weighted by molar-refractivity contribution is 5.24. The van der Waals surface area contributed by atoms with Crippen LogP contribution in [0.25, 0.3) is 0 Å². The highest BCUT2D eigenvalue weighted by Gasteiger charge is 2.11. The maximum absolute atomic E-state index is 6.02. The van der Waals surface area contributed by atoms with Crippen LogP contribution < -0.4 is 5.32 Å². The van der Waals surface area contributed by atoms with Gasteiger partial charge in [0.25, 0.3) is 0 Å². The summed E-state index contributed by atoms with van der Waals surface area (Å²) < 4.78 is 11.6. The summed E-state index contributed by atoms with van der Waals surface area (Å²) in [6, 6.07) is 8.56. The largest absolute Gasteiger partial charge is 0.379 e. The molecule has 0 amide bonds. The van der Waals surface area contributed by atoms with Crippen molar-refractivity contribution >= 4 is 0 Å². The van der Waals surface area contributed by atoms with Crippen molar-refractivity contribution in [2.24, 2.45) is 0 Å². The molecule has 0 saturated carbocycles. The Morgan fingerprint density at radius 1 is 1.10 bits per heavy atom. The topological polar surface area (TPSA) is 30.5 Å². The monoisotopic (exact) mass is 293 g/mol. The van der Waals surface area contributed by atoms with Crippen molar-refractivity contribution in [3.05, 3.63) is 35.4 Å². The normalized spacial score (nSPS) is 12.5. The van der Waals surface area contributed by atoms with Crippen LogP contribution in [-0.2, 0) is 9.47 Å². The van der Waals surface area contributed by atoms with E-state index >= 15 is 0 Å². The molecule has 21 heavy (non-hydrogen) atoms. The molecule has 0 spiro atoms. The second kappa shape index (κ2) is 11.7. The van der Waals surface area contributed by atoms with Crippen molar-refractivity contribution in [2.75, 3.05) is 32.9 Å². The smallest absolute Gasteiger partial charge is 0.0950 e. The lowest BCUT2D eigenvalue weighted by Gasteiger charge is -2.19. The van der Waals surface area contributed by atoms with E-state index in [1.54, 1.807) is 0 Å².